The van der Waals surface area contributed by atoms with E-state index in [4.69, 9.17) is 21.1 Å². The van der Waals surface area contributed by atoms with Crippen molar-refractivity contribution in [1.82, 2.24) is 0 Å². The zero-order chi connectivity index (χ0) is 15.4. The molecule has 2 aromatic carbocycles. The van der Waals surface area contributed by atoms with Crippen LogP contribution in [0.4, 0.5) is 0 Å². The molecule has 0 bridgehead atoms. The van der Waals surface area contributed by atoms with Crippen molar-refractivity contribution in [3.63, 3.8) is 0 Å². The lowest BCUT2D eigenvalue weighted by Crippen LogP contribution is -2.00. The van der Waals surface area contributed by atoms with Crippen LogP contribution in [-0.2, 0) is 13.2 Å². The van der Waals surface area contributed by atoms with Crippen LogP contribution in [0.15, 0.2) is 39.3 Å². The van der Waals surface area contributed by atoms with Gasteiger partial charge in [-0.1, -0.05) is 33.6 Å². The maximum absolute atomic E-state index is 9.20. The van der Waals surface area contributed by atoms with Gasteiger partial charge in [-0.15, -0.1) is 0 Å². The van der Waals surface area contributed by atoms with Crippen molar-refractivity contribution in [2.24, 2.45) is 0 Å². The number of methoxy groups -OCH3 is 1. The van der Waals surface area contributed by atoms with Crippen LogP contribution in [0.25, 0.3) is 0 Å². The number of hydrogen-bond donors (Lipinski definition) is 1. The molecule has 0 spiro atoms. The fraction of sp³-hybridized carbons (Fsp3) is 0.200. The summed E-state index contributed by atoms with van der Waals surface area (Å²) in [4.78, 5) is 0. The van der Waals surface area contributed by atoms with E-state index in [2.05, 4.69) is 31.9 Å². The third-order valence-electron chi connectivity index (χ3n) is 2.86. The van der Waals surface area contributed by atoms with E-state index >= 15 is 0 Å². The molecule has 0 aliphatic heterocycles. The van der Waals surface area contributed by atoms with Crippen molar-refractivity contribution in [2.75, 3.05) is 7.11 Å². The molecule has 0 saturated carbocycles. The van der Waals surface area contributed by atoms with Gasteiger partial charge >= 0.3 is 0 Å². The second kappa shape index (κ2) is 7.49. The van der Waals surface area contributed by atoms with E-state index in [0.717, 1.165) is 20.1 Å². The highest BCUT2D eigenvalue weighted by Gasteiger charge is 2.12. The monoisotopic (exact) mass is 434 g/mol. The molecule has 0 aliphatic rings. The van der Waals surface area contributed by atoms with Crippen LogP contribution < -0.4 is 9.47 Å². The quantitative estimate of drug-likeness (QED) is 0.721. The van der Waals surface area contributed by atoms with Crippen molar-refractivity contribution in [1.29, 1.82) is 0 Å². The molecule has 0 saturated heterocycles. The largest absolute Gasteiger partial charge is 0.493 e. The normalized spacial score (nSPS) is 10.5. The Morgan fingerprint density at radius 1 is 1.19 bits per heavy atom. The Labute approximate surface area is 145 Å². The van der Waals surface area contributed by atoms with E-state index < -0.39 is 0 Å². The van der Waals surface area contributed by atoms with Gasteiger partial charge in [0.25, 0.3) is 0 Å². The Bertz CT molecular complexity index is 647. The maximum Gasteiger partial charge on any atom is 0.175 e. The predicted octanol–water partition coefficient (Wildman–Crippen LogP) is 4.94. The summed E-state index contributed by atoms with van der Waals surface area (Å²) in [5.74, 6) is 1.13. The first kappa shape index (κ1) is 16.6. The minimum absolute atomic E-state index is 0.0617. The molecule has 0 aliphatic carbocycles. The average molecular weight is 437 g/mol. The molecule has 0 amide bonds. The van der Waals surface area contributed by atoms with Gasteiger partial charge in [-0.2, -0.15) is 0 Å². The second-order valence-corrected chi connectivity index (χ2v) is 6.47. The first-order valence-electron chi connectivity index (χ1n) is 6.09. The van der Waals surface area contributed by atoms with Crippen molar-refractivity contribution < 1.29 is 14.6 Å². The van der Waals surface area contributed by atoms with Gasteiger partial charge in [-0.25, -0.2) is 0 Å². The Kier molecular flexibility index (Phi) is 5.93. The first-order chi connectivity index (χ1) is 10.0. The van der Waals surface area contributed by atoms with Crippen LogP contribution in [0.3, 0.4) is 0 Å². The van der Waals surface area contributed by atoms with Gasteiger partial charge in [-0.3, -0.25) is 0 Å². The van der Waals surface area contributed by atoms with Gasteiger partial charge in [-0.05, 0) is 45.8 Å². The Morgan fingerprint density at radius 3 is 2.57 bits per heavy atom. The molecule has 2 aromatic rings. The third kappa shape index (κ3) is 4.13. The average Bonchev–Trinajstić information content (AvgIpc) is 2.46. The number of hydrogen-bond acceptors (Lipinski definition) is 3. The fourth-order valence-corrected chi connectivity index (χ4v) is 3.13. The Hall–Kier alpha value is -0.750. The Balaban J connectivity index is 2.23. The van der Waals surface area contributed by atoms with Crippen LogP contribution in [0.2, 0.25) is 5.02 Å². The highest BCUT2D eigenvalue weighted by atomic mass is 79.9. The molecule has 112 valence electrons. The standard InChI is InChI=1S/C15H13Br2ClO3/c1-20-14-5-9(7-19)4-12(17)15(14)21-8-10-2-3-11(16)6-13(10)18/h2-6,19H,7-8H2,1H3. The van der Waals surface area contributed by atoms with Crippen LogP contribution in [0, 0.1) is 0 Å². The van der Waals surface area contributed by atoms with Gasteiger partial charge < -0.3 is 14.6 Å². The molecular weight excluding hydrogens is 423 g/mol. The smallest absolute Gasteiger partial charge is 0.175 e. The summed E-state index contributed by atoms with van der Waals surface area (Å²) in [5, 5.41) is 9.84. The van der Waals surface area contributed by atoms with Gasteiger partial charge in [0.2, 0.25) is 0 Å². The van der Waals surface area contributed by atoms with Gasteiger partial charge in [0.1, 0.15) is 6.61 Å². The first-order valence-corrected chi connectivity index (χ1v) is 8.05. The summed E-state index contributed by atoms with van der Waals surface area (Å²) in [5.41, 5.74) is 1.62. The minimum Gasteiger partial charge on any atom is -0.493 e. The summed E-state index contributed by atoms with van der Waals surface area (Å²) in [6, 6.07) is 9.16. The number of halogens is 3. The number of rotatable bonds is 5. The zero-order valence-corrected chi connectivity index (χ0v) is 15.1. The SMILES string of the molecule is COc1cc(CO)cc(Br)c1OCc1ccc(Br)cc1Cl. The maximum atomic E-state index is 9.20. The molecule has 0 atom stereocenters. The zero-order valence-electron chi connectivity index (χ0n) is 11.2. The van der Waals surface area contributed by atoms with E-state index in [1.54, 1.807) is 19.2 Å². The molecule has 0 radical (unpaired) electrons. The lowest BCUT2D eigenvalue weighted by atomic mass is 10.2. The fourth-order valence-electron chi connectivity index (χ4n) is 1.79. The molecule has 21 heavy (non-hydrogen) atoms. The molecule has 0 aromatic heterocycles. The van der Waals surface area contributed by atoms with Crippen LogP contribution in [-0.4, -0.2) is 12.2 Å². The molecule has 0 unspecified atom stereocenters. The van der Waals surface area contributed by atoms with E-state index in [1.807, 2.05) is 18.2 Å². The van der Waals surface area contributed by atoms with Crippen molar-refractivity contribution in [3.8, 4) is 11.5 Å². The molecule has 6 heteroatoms. The molecule has 2 rings (SSSR count). The lowest BCUT2D eigenvalue weighted by Gasteiger charge is -2.14. The predicted molar refractivity (Wildman–Crippen MR) is 90.1 cm³/mol. The van der Waals surface area contributed by atoms with Crippen LogP contribution in [0.1, 0.15) is 11.1 Å². The van der Waals surface area contributed by atoms with Crippen LogP contribution in [0.5, 0.6) is 11.5 Å². The number of aliphatic hydroxyl groups is 1. The number of ether oxygens (including phenoxy) is 2. The summed E-state index contributed by atoms with van der Waals surface area (Å²) in [6.07, 6.45) is 0. The molecule has 0 fully saturated rings. The van der Waals surface area contributed by atoms with E-state index in [9.17, 15) is 5.11 Å². The van der Waals surface area contributed by atoms with E-state index in [1.165, 1.54) is 0 Å². The number of benzene rings is 2. The van der Waals surface area contributed by atoms with Gasteiger partial charge in [0, 0.05) is 15.1 Å². The van der Waals surface area contributed by atoms with E-state index in [-0.39, 0.29) is 6.61 Å². The number of aliphatic hydroxyl groups excluding tert-OH is 1. The van der Waals surface area contributed by atoms with E-state index in [0.29, 0.717) is 23.1 Å². The van der Waals surface area contributed by atoms with Crippen molar-refractivity contribution >= 4 is 43.5 Å². The van der Waals surface area contributed by atoms with Crippen LogP contribution >= 0.6 is 43.5 Å². The third-order valence-corrected chi connectivity index (χ3v) is 4.29. The summed E-state index contributed by atoms with van der Waals surface area (Å²) in [7, 11) is 1.56. The molecule has 1 N–H and O–H groups in total. The topological polar surface area (TPSA) is 38.7 Å². The van der Waals surface area contributed by atoms with Gasteiger partial charge in [0.05, 0.1) is 18.2 Å². The molecule has 0 heterocycles. The summed E-state index contributed by atoms with van der Waals surface area (Å²) < 4.78 is 12.8. The van der Waals surface area contributed by atoms with Crippen molar-refractivity contribution in [3.05, 3.63) is 55.4 Å². The van der Waals surface area contributed by atoms with Gasteiger partial charge in [0.15, 0.2) is 11.5 Å². The van der Waals surface area contributed by atoms with Crippen molar-refractivity contribution in [2.45, 2.75) is 13.2 Å². The highest BCUT2D eigenvalue weighted by Crippen LogP contribution is 2.37. The minimum atomic E-state index is -0.0617. The lowest BCUT2D eigenvalue weighted by molar-refractivity contribution is 0.273. The summed E-state index contributed by atoms with van der Waals surface area (Å²) in [6.45, 7) is 0.257. The highest BCUT2D eigenvalue weighted by molar-refractivity contribution is 9.10. The molecule has 3 nitrogen and oxygen atoms in total. The molecular formula is C15H13Br2ClO3. The second-order valence-electron chi connectivity index (χ2n) is 4.29. The Morgan fingerprint density at radius 2 is 1.95 bits per heavy atom. The summed E-state index contributed by atoms with van der Waals surface area (Å²) >= 11 is 13.0.